The standard InChI is InChI=1S/C28H19F4N3O2S/c1-17-14-18(10-12-25(17)37-28(30,31)32)26-13-11-19(38-26)16-35(24-9-5-2-6-20(24)29)27(36)23-15-33-21-7-3-4-8-22(21)34-23/h2-15H,16H2,1H3. The van der Waals surface area contributed by atoms with Gasteiger partial charge in [-0.05, 0) is 72.6 Å². The first kappa shape index (κ1) is 25.3. The lowest BCUT2D eigenvalue weighted by molar-refractivity contribution is -0.274. The maximum atomic E-state index is 14.8. The van der Waals surface area contributed by atoms with Crippen molar-refractivity contribution in [2.24, 2.45) is 0 Å². The molecule has 0 N–H and O–H groups in total. The molecule has 0 saturated heterocycles. The average molecular weight is 538 g/mol. The predicted molar refractivity (Wildman–Crippen MR) is 138 cm³/mol. The molecule has 5 aromatic rings. The molecule has 5 rings (SSSR count). The third kappa shape index (κ3) is 5.50. The number of ether oxygens (including phenoxy) is 1. The number of alkyl halides is 3. The van der Waals surface area contributed by atoms with Gasteiger partial charge in [0.15, 0.2) is 0 Å². The Bertz CT molecular complexity index is 1630. The first-order valence-corrected chi connectivity index (χ1v) is 12.2. The molecule has 0 aliphatic heterocycles. The molecule has 5 nitrogen and oxygen atoms in total. The lowest BCUT2D eigenvalue weighted by Crippen LogP contribution is -2.31. The lowest BCUT2D eigenvalue weighted by Gasteiger charge is -2.22. The van der Waals surface area contributed by atoms with E-state index in [-0.39, 0.29) is 23.7 Å². The van der Waals surface area contributed by atoms with Crippen LogP contribution in [-0.2, 0) is 6.54 Å². The van der Waals surface area contributed by atoms with E-state index in [0.29, 0.717) is 22.2 Å². The van der Waals surface area contributed by atoms with Crippen molar-refractivity contribution < 1.29 is 27.1 Å². The number of halogens is 4. The number of carbonyl (C=O) groups is 1. The number of aromatic nitrogens is 2. The Labute approximate surface area is 219 Å². The molecule has 0 aliphatic rings. The van der Waals surface area contributed by atoms with Crippen LogP contribution in [0.3, 0.4) is 0 Å². The Balaban J connectivity index is 1.45. The van der Waals surface area contributed by atoms with E-state index in [1.54, 1.807) is 42.5 Å². The van der Waals surface area contributed by atoms with Crippen LogP contribution >= 0.6 is 11.3 Å². The van der Waals surface area contributed by atoms with Gasteiger partial charge in [0.05, 0.1) is 29.5 Å². The van der Waals surface area contributed by atoms with Gasteiger partial charge in [0.1, 0.15) is 17.3 Å². The number of nitrogens with zero attached hydrogens (tertiary/aromatic N) is 3. The van der Waals surface area contributed by atoms with Gasteiger partial charge >= 0.3 is 6.36 Å². The van der Waals surface area contributed by atoms with Gasteiger partial charge in [0, 0.05) is 9.75 Å². The summed E-state index contributed by atoms with van der Waals surface area (Å²) >= 11 is 1.34. The van der Waals surface area contributed by atoms with Gasteiger partial charge in [-0.2, -0.15) is 0 Å². The van der Waals surface area contributed by atoms with Gasteiger partial charge in [-0.3, -0.25) is 14.7 Å². The number of fused-ring (bicyclic) bond motifs is 1. The summed E-state index contributed by atoms with van der Waals surface area (Å²) in [6.45, 7) is 1.58. The Kier molecular flexibility index (Phi) is 6.81. The summed E-state index contributed by atoms with van der Waals surface area (Å²) in [6, 6.07) is 21.1. The molecule has 0 fully saturated rings. The second-order valence-electron chi connectivity index (χ2n) is 8.38. The van der Waals surface area contributed by atoms with E-state index in [1.807, 2.05) is 6.07 Å². The van der Waals surface area contributed by atoms with E-state index < -0.39 is 18.1 Å². The second kappa shape index (κ2) is 10.2. The SMILES string of the molecule is Cc1cc(-c2ccc(CN(C(=O)c3cnc4ccccc4n3)c3ccccc3F)s2)ccc1OC(F)(F)F. The molecule has 0 atom stereocenters. The summed E-state index contributed by atoms with van der Waals surface area (Å²) in [5, 5.41) is 0. The van der Waals surface area contributed by atoms with Crippen LogP contribution in [0.5, 0.6) is 5.75 Å². The van der Waals surface area contributed by atoms with Crippen LogP contribution in [0.2, 0.25) is 0 Å². The number of para-hydroxylation sites is 3. The normalized spacial score (nSPS) is 11.5. The minimum Gasteiger partial charge on any atom is -0.406 e. The Morgan fingerprint density at radius 1 is 0.974 bits per heavy atom. The molecular weight excluding hydrogens is 518 g/mol. The fourth-order valence-electron chi connectivity index (χ4n) is 3.95. The highest BCUT2D eigenvalue weighted by atomic mass is 32.1. The van der Waals surface area contributed by atoms with Gasteiger partial charge in [-0.25, -0.2) is 9.37 Å². The van der Waals surface area contributed by atoms with Gasteiger partial charge in [-0.1, -0.05) is 24.3 Å². The van der Waals surface area contributed by atoms with Crippen LogP contribution in [0.1, 0.15) is 20.9 Å². The molecule has 38 heavy (non-hydrogen) atoms. The van der Waals surface area contributed by atoms with Crippen molar-refractivity contribution in [1.29, 1.82) is 0 Å². The topological polar surface area (TPSA) is 55.3 Å². The van der Waals surface area contributed by atoms with Gasteiger partial charge in [-0.15, -0.1) is 24.5 Å². The number of aryl methyl sites for hydroxylation is 1. The lowest BCUT2D eigenvalue weighted by atomic mass is 10.1. The van der Waals surface area contributed by atoms with Crippen LogP contribution in [0.15, 0.2) is 85.1 Å². The maximum Gasteiger partial charge on any atom is 0.573 e. The zero-order valence-corrected chi connectivity index (χ0v) is 20.7. The molecule has 0 spiro atoms. The number of benzene rings is 3. The van der Waals surface area contributed by atoms with Crippen molar-refractivity contribution >= 4 is 34.0 Å². The number of thiophene rings is 1. The predicted octanol–water partition coefficient (Wildman–Crippen LogP) is 7.55. The minimum absolute atomic E-state index is 0.0488. The zero-order chi connectivity index (χ0) is 26.9. The number of hydrogen-bond donors (Lipinski definition) is 0. The fraction of sp³-hybridized carbons (Fsp3) is 0.107. The second-order valence-corrected chi connectivity index (χ2v) is 9.55. The maximum absolute atomic E-state index is 14.8. The van der Waals surface area contributed by atoms with Crippen molar-refractivity contribution in [3.63, 3.8) is 0 Å². The molecule has 192 valence electrons. The molecular formula is C28H19F4N3O2S. The van der Waals surface area contributed by atoms with E-state index >= 15 is 0 Å². The minimum atomic E-state index is -4.78. The van der Waals surface area contributed by atoms with Crippen molar-refractivity contribution in [3.8, 4) is 16.2 Å². The summed E-state index contributed by atoms with van der Waals surface area (Å²) in [4.78, 5) is 25.1. The molecule has 0 unspecified atom stereocenters. The molecule has 10 heteroatoms. The molecule has 0 saturated carbocycles. The van der Waals surface area contributed by atoms with Crippen molar-refractivity contribution in [2.45, 2.75) is 19.8 Å². The van der Waals surface area contributed by atoms with Crippen molar-refractivity contribution in [1.82, 2.24) is 9.97 Å². The monoisotopic (exact) mass is 537 g/mol. The van der Waals surface area contributed by atoms with Gasteiger partial charge < -0.3 is 4.74 Å². The summed E-state index contributed by atoms with van der Waals surface area (Å²) in [5.41, 5.74) is 2.35. The van der Waals surface area contributed by atoms with E-state index in [0.717, 1.165) is 9.75 Å². The van der Waals surface area contributed by atoms with E-state index in [4.69, 9.17) is 0 Å². The van der Waals surface area contributed by atoms with Crippen molar-refractivity contribution in [2.75, 3.05) is 4.90 Å². The van der Waals surface area contributed by atoms with E-state index in [2.05, 4.69) is 14.7 Å². The first-order chi connectivity index (χ1) is 18.2. The van der Waals surface area contributed by atoms with Crippen LogP contribution < -0.4 is 9.64 Å². The number of anilines is 1. The summed E-state index contributed by atoms with van der Waals surface area (Å²) < 4.78 is 56.7. The Hall–Kier alpha value is -4.31. The molecule has 0 radical (unpaired) electrons. The van der Waals surface area contributed by atoms with Crippen LogP contribution in [0.4, 0.5) is 23.2 Å². The molecule has 0 aliphatic carbocycles. The number of rotatable bonds is 6. The quantitative estimate of drug-likeness (QED) is 0.210. The highest BCUT2D eigenvalue weighted by Crippen LogP contribution is 2.34. The van der Waals surface area contributed by atoms with Crippen molar-refractivity contribution in [3.05, 3.63) is 107 Å². The Morgan fingerprint density at radius 2 is 1.71 bits per heavy atom. The number of carbonyl (C=O) groups excluding carboxylic acids is 1. The van der Waals surface area contributed by atoms with E-state index in [1.165, 1.54) is 59.7 Å². The molecule has 3 aromatic carbocycles. The molecule has 2 heterocycles. The summed E-state index contributed by atoms with van der Waals surface area (Å²) in [6.07, 6.45) is -3.41. The van der Waals surface area contributed by atoms with Gasteiger partial charge in [0.2, 0.25) is 0 Å². The molecule has 2 aromatic heterocycles. The van der Waals surface area contributed by atoms with Crippen LogP contribution in [0, 0.1) is 12.7 Å². The summed E-state index contributed by atoms with van der Waals surface area (Å²) in [5.74, 6) is -1.36. The van der Waals surface area contributed by atoms with E-state index in [9.17, 15) is 22.4 Å². The number of hydrogen-bond acceptors (Lipinski definition) is 5. The summed E-state index contributed by atoms with van der Waals surface area (Å²) in [7, 11) is 0. The largest absolute Gasteiger partial charge is 0.573 e. The molecule has 1 amide bonds. The first-order valence-electron chi connectivity index (χ1n) is 11.4. The highest BCUT2D eigenvalue weighted by Gasteiger charge is 2.31. The number of amides is 1. The Morgan fingerprint density at radius 3 is 2.45 bits per heavy atom. The van der Waals surface area contributed by atoms with Crippen LogP contribution in [-0.4, -0.2) is 22.2 Å². The fourth-order valence-corrected chi connectivity index (χ4v) is 4.94. The smallest absolute Gasteiger partial charge is 0.406 e. The molecule has 0 bridgehead atoms. The third-order valence-corrected chi connectivity index (χ3v) is 6.84. The zero-order valence-electron chi connectivity index (χ0n) is 19.9. The average Bonchev–Trinajstić information content (AvgIpc) is 3.36. The third-order valence-electron chi connectivity index (χ3n) is 5.72. The highest BCUT2D eigenvalue weighted by molar-refractivity contribution is 7.15. The van der Waals surface area contributed by atoms with Crippen LogP contribution in [0.25, 0.3) is 21.5 Å². The van der Waals surface area contributed by atoms with Gasteiger partial charge in [0.25, 0.3) is 5.91 Å².